The highest BCUT2D eigenvalue weighted by atomic mass is 16.5. The number of rotatable bonds is 8. The summed E-state index contributed by atoms with van der Waals surface area (Å²) in [4.78, 5) is 34.4. The highest BCUT2D eigenvalue weighted by Crippen LogP contribution is 2.54. The van der Waals surface area contributed by atoms with Gasteiger partial charge in [0.1, 0.15) is 12.2 Å². The van der Waals surface area contributed by atoms with Gasteiger partial charge in [-0.25, -0.2) is 0 Å². The van der Waals surface area contributed by atoms with E-state index in [9.17, 15) is 14.7 Å². The molecule has 5 rings (SSSR count). The third-order valence-corrected chi connectivity index (χ3v) is 9.30. The van der Waals surface area contributed by atoms with E-state index in [4.69, 9.17) is 15.5 Å². The second-order valence-corrected chi connectivity index (χ2v) is 12.0. The maximum atomic E-state index is 13.0. The first-order chi connectivity index (χ1) is 19.2. The Morgan fingerprint density at radius 3 is 2.48 bits per heavy atom. The summed E-state index contributed by atoms with van der Waals surface area (Å²) in [5.74, 6) is 0.670. The number of nitrogens with zero attached hydrogens (tertiary/aromatic N) is 3. The minimum Gasteiger partial charge on any atom is -0.394 e. The zero-order valence-electron chi connectivity index (χ0n) is 25.0. The zero-order chi connectivity index (χ0) is 29.0. The van der Waals surface area contributed by atoms with Crippen molar-refractivity contribution in [2.45, 2.75) is 84.8 Å². The Bertz CT molecular complexity index is 1140. The molecule has 1 aromatic carbocycles. The molecule has 3 N–H and O–H groups in total. The lowest BCUT2D eigenvalue weighted by Crippen LogP contribution is -2.48. The topological polar surface area (TPSA) is 108 Å². The first-order valence-corrected chi connectivity index (χ1v) is 15.0. The van der Waals surface area contributed by atoms with E-state index in [1.807, 2.05) is 4.90 Å². The van der Waals surface area contributed by atoms with Gasteiger partial charge in [-0.1, -0.05) is 32.0 Å². The maximum Gasteiger partial charge on any atom is 0.270 e. The molecule has 1 aromatic rings. The SMILES string of the molecule is CCCN(C(=O)CN=C1CC2CC2/C1=C(/N)C(=O)N1CCOC(CO)C1)C1(CC)CC1.Cc1cccc(C)c1C. The number of amides is 2. The number of nitrogens with two attached hydrogens (primary N) is 1. The molecule has 3 saturated carbocycles. The van der Waals surface area contributed by atoms with Crippen molar-refractivity contribution in [3.8, 4) is 0 Å². The molecule has 1 saturated heterocycles. The number of carbonyl (C=O) groups is 2. The van der Waals surface area contributed by atoms with Gasteiger partial charge in [0.15, 0.2) is 0 Å². The van der Waals surface area contributed by atoms with Crippen LogP contribution in [0.2, 0.25) is 0 Å². The first-order valence-electron chi connectivity index (χ1n) is 15.0. The molecule has 40 heavy (non-hydrogen) atoms. The highest BCUT2D eigenvalue weighted by molar-refractivity contribution is 6.11. The van der Waals surface area contributed by atoms with Crippen molar-refractivity contribution >= 4 is 17.5 Å². The molecular formula is C32H48N4O4. The Morgan fingerprint density at radius 1 is 1.20 bits per heavy atom. The normalized spacial score (nSPS) is 26.5. The molecule has 220 valence electrons. The number of aryl methyl sites for hydroxylation is 2. The van der Waals surface area contributed by atoms with Crippen LogP contribution in [-0.4, -0.2) is 83.5 Å². The van der Waals surface area contributed by atoms with Gasteiger partial charge in [0, 0.05) is 36.5 Å². The Labute approximate surface area is 239 Å². The van der Waals surface area contributed by atoms with Crippen molar-refractivity contribution < 1.29 is 19.4 Å². The van der Waals surface area contributed by atoms with E-state index in [1.54, 1.807) is 4.90 Å². The molecule has 0 aromatic heterocycles. The fourth-order valence-corrected chi connectivity index (χ4v) is 6.16. The van der Waals surface area contributed by atoms with E-state index >= 15 is 0 Å². The highest BCUT2D eigenvalue weighted by Gasteiger charge is 2.51. The summed E-state index contributed by atoms with van der Waals surface area (Å²) in [5.41, 5.74) is 12.5. The number of hydrogen-bond acceptors (Lipinski definition) is 6. The molecule has 3 atom stereocenters. The Hall–Kier alpha value is -2.71. The quantitative estimate of drug-likeness (QED) is 0.478. The number of morpholine rings is 1. The van der Waals surface area contributed by atoms with Crippen LogP contribution in [0.15, 0.2) is 34.5 Å². The summed E-state index contributed by atoms with van der Waals surface area (Å²) in [6.45, 7) is 12.7. The van der Waals surface area contributed by atoms with Gasteiger partial charge >= 0.3 is 0 Å². The van der Waals surface area contributed by atoms with Gasteiger partial charge in [0.05, 0.1) is 19.3 Å². The molecule has 4 aliphatic rings. The van der Waals surface area contributed by atoms with E-state index in [-0.39, 0.29) is 42.3 Å². The molecule has 0 bridgehead atoms. The van der Waals surface area contributed by atoms with Crippen LogP contribution in [0.1, 0.15) is 69.1 Å². The summed E-state index contributed by atoms with van der Waals surface area (Å²) < 4.78 is 5.45. The molecule has 4 fully saturated rings. The van der Waals surface area contributed by atoms with Gasteiger partial charge in [-0.15, -0.1) is 0 Å². The lowest BCUT2D eigenvalue weighted by atomic mass is 10.0. The van der Waals surface area contributed by atoms with Gasteiger partial charge in [-0.2, -0.15) is 0 Å². The molecule has 2 amide bonds. The molecule has 3 aliphatic carbocycles. The second-order valence-electron chi connectivity index (χ2n) is 12.0. The Morgan fingerprint density at radius 2 is 1.90 bits per heavy atom. The summed E-state index contributed by atoms with van der Waals surface area (Å²) in [6.07, 6.45) is 5.57. The Kier molecular flexibility index (Phi) is 9.72. The number of allylic oxidation sites excluding steroid dienone is 1. The van der Waals surface area contributed by atoms with Crippen molar-refractivity contribution in [1.29, 1.82) is 0 Å². The predicted molar refractivity (Wildman–Crippen MR) is 158 cm³/mol. The first kappa shape index (κ1) is 30.3. The van der Waals surface area contributed by atoms with Crippen molar-refractivity contribution in [3.05, 3.63) is 46.2 Å². The van der Waals surface area contributed by atoms with Crippen LogP contribution in [0.4, 0.5) is 0 Å². The summed E-state index contributed by atoms with van der Waals surface area (Å²) >= 11 is 0. The lowest BCUT2D eigenvalue weighted by molar-refractivity contribution is -0.136. The monoisotopic (exact) mass is 552 g/mol. The summed E-state index contributed by atoms with van der Waals surface area (Å²) in [5, 5.41) is 9.35. The van der Waals surface area contributed by atoms with Crippen molar-refractivity contribution in [3.63, 3.8) is 0 Å². The number of carbonyl (C=O) groups excluding carboxylic acids is 2. The van der Waals surface area contributed by atoms with Crippen LogP contribution >= 0.6 is 0 Å². The number of benzene rings is 1. The van der Waals surface area contributed by atoms with Gasteiger partial charge < -0.3 is 25.4 Å². The van der Waals surface area contributed by atoms with Gasteiger partial charge in [-0.05, 0) is 87.8 Å². The molecule has 0 spiro atoms. The van der Waals surface area contributed by atoms with Crippen LogP contribution in [0.5, 0.6) is 0 Å². The smallest absolute Gasteiger partial charge is 0.270 e. The molecular weight excluding hydrogens is 504 g/mol. The largest absolute Gasteiger partial charge is 0.394 e. The molecule has 1 heterocycles. The third kappa shape index (κ3) is 6.60. The second kappa shape index (κ2) is 12.9. The van der Waals surface area contributed by atoms with Gasteiger partial charge in [0.25, 0.3) is 5.91 Å². The molecule has 8 nitrogen and oxygen atoms in total. The van der Waals surface area contributed by atoms with E-state index < -0.39 is 0 Å². The predicted octanol–water partition coefficient (Wildman–Crippen LogP) is 3.69. The third-order valence-electron chi connectivity index (χ3n) is 9.30. The number of aliphatic imine (C=N–C) groups is 1. The van der Waals surface area contributed by atoms with Crippen LogP contribution in [0.25, 0.3) is 0 Å². The Balaban J connectivity index is 0.000000350. The molecule has 0 radical (unpaired) electrons. The van der Waals surface area contributed by atoms with Crippen LogP contribution < -0.4 is 5.73 Å². The minimum absolute atomic E-state index is 0.0400. The fraction of sp³-hybridized carbons (Fsp3) is 0.656. The van der Waals surface area contributed by atoms with Crippen molar-refractivity contribution in [2.24, 2.45) is 22.6 Å². The van der Waals surface area contributed by atoms with E-state index in [0.29, 0.717) is 31.5 Å². The van der Waals surface area contributed by atoms with Gasteiger partial charge in [-0.3, -0.25) is 14.6 Å². The van der Waals surface area contributed by atoms with E-state index in [2.05, 4.69) is 52.8 Å². The average Bonchev–Trinajstić information content (AvgIpc) is 3.89. The van der Waals surface area contributed by atoms with Crippen molar-refractivity contribution in [1.82, 2.24) is 9.80 Å². The lowest BCUT2D eigenvalue weighted by Gasteiger charge is -2.32. The van der Waals surface area contributed by atoms with Gasteiger partial charge in [0.2, 0.25) is 5.91 Å². The molecule has 3 unspecified atom stereocenters. The zero-order valence-corrected chi connectivity index (χ0v) is 25.0. The van der Waals surface area contributed by atoms with E-state index in [1.165, 1.54) is 16.7 Å². The van der Waals surface area contributed by atoms with Crippen molar-refractivity contribution in [2.75, 3.05) is 39.4 Å². The summed E-state index contributed by atoms with van der Waals surface area (Å²) in [6, 6.07) is 6.38. The van der Waals surface area contributed by atoms with Crippen LogP contribution in [0, 0.1) is 32.6 Å². The number of aliphatic hydroxyl groups is 1. The van der Waals surface area contributed by atoms with E-state index in [0.717, 1.165) is 56.4 Å². The van der Waals surface area contributed by atoms with Crippen LogP contribution in [-0.2, 0) is 14.3 Å². The average molecular weight is 553 g/mol. The van der Waals surface area contributed by atoms with Crippen LogP contribution in [0.3, 0.4) is 0 Å². The number of aliphatic hydroxyl groups excluding tert-OH is 1. The molecule has 8 heteroatoms. The number of hydrogen-bond donors (Lipinski definition) is 2. The molecule has 1 aliphatic heterocycles. The fourth-order valence-electron chi connectivity index (χ4n) is 6.16. The number of ether oxygens (including phenoxy) is 1. The summed E-state index contributed by atoms with van der Waals surface area (Å²) in [7, 11) is 0. The standard InChI is InChI=1S/C23H36N4O4.C9H12/c1-3-7-27(23(4-2)5-6-23)19(29)12-25-18-11-15-10-17(15)20(18)21(24)22(30)26-8-9-31-16(13-26)14-28;1-7-5-4-6-8(2)9(7)3/h15-17,28H,3-14,24H2,1-2H3;4-6H,1-3H3/b21-20-,25-18?;. The minimum atomic E-state index is -0.364. The maximum absolute atomic E-state index is 13.0. The number of fused-ring (bicyclic) bond motifs is 1.